The Hall–Kier alpha value is -3.78. The number of carbonyl (C=O) groups is 2. The SMILES string of the molecule is O=C1C[C@@H](O)CN1c1ccc(-c2ccc(Cc3cnc4c(c3)N3C(=O)CC[C@H]3CO4)nc2)cc1. The third-order valence-electron chi connectivity index (χ3n) is 6.71. The summed E-state index contributed by atoms with van der Waals surface area (Å²) in [7, 11) is 0. The van der Waals surface area contributed by atoms with Crippen LogP contribution < -0.4 is 14.5 Å². The second-order valence-corrected chi connectivity index (χ2v) is 9.06. The van der Waals surface area contributed by atoms with Gasteiger partial charge < -0.3 is 19.6 Å². The maximum Gasteiger partial charge on any atom is 0.238 e. The second-order valence-electron chi connectivity index (χ2n) is 9.06. The van der Waals surface area contributed by atoms with Crippen molar-refractivity contribution in [3.63, 3.8) is 0 Å². The van der Waals surface area contributed by atoms with Crippen LogP contribution in [0.3, 0.4) is 0 Å². The van der Waals surface area contributed by atoms with Crippen molar-refractivity contribution >= 4 is 23.2 Å². The highest BCUT2D eigenvalue weighted by molar-refractivity contribution is 5.98. The van der Waals surface area contributed by atoms with Crippen molar-refractivity contribution < 1.29 is 19.4 Å². The number of carbonyl (C=O) groups excluding carboxylic acids is 2. The van der Waals surface area contributed by atoms with Crippen molar-refractivity contribution in [1.29, 1.82) is 0 Å². The second kappa shape index (κ2) is 8.22. The van der Waals surface area contributed by atoms with E-state index in [9.17, 15) is 14.7 Å². The molecule has 1 N–H and O–H groups in total. The molecule has 172 valence electrons. The normalized spacial score (nSPS) is 21.4. The summed E-state index contributed by atoms with van der Waals surface area (Å²) in [6, 6.07) is 13.8. The molecule has 2 fully saturated rings. The van der Waals surface area contributed by atoms with Gasteiger partial charge in [0.1, 0.15) is 12.3 Å². The van der Waals surface area contributed by atoms with Crippen molar-refractivity contribution in [2.45, 2.75) is 37.8 Å². The summed E-state index contributed by atoms with van der Waals surface area (Å²) in [5.41, 5.74) is 5.41. The van der Waals surface area contributed by atoms with E-state index in [1.807, 2.05) is 53.6 Å². The lowest BCUT2D eigenvalue weighted by Gasteiger charge is -2.31. The molecule has 1 aromatic carbocycles. The lowest BCUT2D eigenvalue weighted by molar-refractivity contribution is -0.118. The molecule has 34 heavy (non-hydrogen) atoms. The molecule has 6 rings (SSSR count). The first kappa shape index (κ1) is 20.8. The van der Waals surface area contributed by atoms with E-state index in [0.29, 0.717) is 31.9 Å². The average Bonchev–Trinajstić information content (AvgIpc) is 3.41. The van der Waals surface area contributed by atoms with Crippen LogP contribution in [0.5, 0.6) is 5.88 Å². The predicted molar refractivity (Wildman–Crippen MR) is 126 cm³/mol. The largest absolute Gasteiger partial charge is 0.474 e. The predicted octanol–water partition coefficient (Wildman–Crippen LogP) is 2.72. The number of aliphatic hydroxyl groups excluding tert-OH is 1. The summed E-state index contributed by atoms with van der Waals surface area (Å²) in [5, 5.41) is 9.71. The van der Waals surface area contributed by atoms with Crippen molar-refractivity contribution in [3.05, 3.63) is 66.1 Å². The van der Waals surface area contributed by atoms with Crippen molar-refractivity contribution in [2.75, 3.05) is 23.0 Å². The molecule has 0 unspecified atom stereocenters. The van der Waals surface area contributed by atoms with E-state index < -0.39 is 6.10 Å². The lowest BCUT2D eigenvalue weighted by atomic mass is 10.1. The molecule has 5 heterocycles. The van der Waals surface area contributed by atoms with Gasteiger partial charge >= 0.3 is 0 Å². The van der Waals surface area contributed by atoms with Crippen molar-refractivity contribution in [1.82, 2.24) is 9.97 Å². The Kier molecular flexibility index (Phi) is 5.03. The molecule has 0 radical (unpaired) electrons. The molecule has 0 saturated carbocycles. The van der Waals surface area contributed by atoms with E-state index in [0.717, 1.165) is 40.2 Å². The fourth-order valence-electron chi connectivity index (χ4n) is 4.95. The zero-order chi connectivity index (χ0) is 23.2. The average molecular weight is 457 g/mol. The van der Waals surface area contributed by atoms with E-state index in [-0.39, 0.29) is 24.3 Å². The summed E-state index contributed by atoms with van der Waals surface area (Å²) in [5.74, 6) is 0.596. The Morgan fingerprint density at radius 2 is 1.82 bits per heavy atom. The molecular formula is C26H24N4O4. The van der Waals surface area contributed by atoms with Crippen LogP contribution in [0.25, 0.3) is 11.1 Å². The number of pyridine rings is 2. The Bertz CT molecular complexity index is 1260. The van der Waals surface area contributed by atoms with E-state index in [1.165, 1.54) is 0 Å². The van der Waals surface area contributed by atoms with Crippen LogP contribution in [-0.2, 0) is 16.0 Å². The zero-order valence-corrected chi connectivity index (χ0v) is 18.6. The van der Waals surface area contributed by atoms with Gasteiger partial charge in [0, 0.05) is 42.2 Å². The molecule has 3 aromatic rings. The molecule has 0 aliphatic carbocycles. The molecule has 8 heteroatoms. The van der Waals surface area contributed by atoms with Gasteiger partial charge in [-0.1, -0.05) is 18.2 Å². The number of nitrogens with zero attached hydrogens (tertiary/aromatic N) is 4. The Morgan fingerprint density at radius 1 is 1.00 bits per heavy atom. The van der Waals surface area contributed by atoms with Crippen molar-refractivity contribution in [3.8, 4) is 17.0 Å². The van der Waals surface area contributed by atoms with Gasteiger partial charge in [-0.15, -0.1) is 0 Å². The first-order valence-corrected chi connectivity index (χ1v) is 11.5. The number of amides is 2. The Balaban J connectivity index is 1.17. The van der Waals surface area contributed by atoms with Crippen LogP contribution in [0.15, 0.2) is 54.9 Å². The number of hydrogen-bond acceptors (Lipinski definition) is 6. The number of fused-ring (bicyclic) bond motifs is 3. The standard InChI is InChI=1S/C26H24N4O4/c31-22-11-25(33)29(14-22)20-5-2-17(3-6-20)18-1-4-19(27-13-18)9-16-10-23-26(28-12-16)34-15-21-7-8-24(32)30(21)23/h1-6,10,12-13,21-22,31H,7-9,11,14-15H2/t21-,22+/m0/s1. The number of β-amino-alcohol motifs (C(OH)–C–C–N with tert-alkyl or cyclic N) is 1. The highest BCUT2D eigenvalue weighted by Crippen LogP contribution is 2.38. The topological polar surface area (TPSA) is 95.9 Å². The van der Waals surface area contributed by atoms with Crippen LogP contribution in [0.1, 0.15) is 30.5 Å². The number of benzene rings is 1. The number of anilines is 2. The van der Waals surface area contributed by atoms with E-state index >= 15 is 0 Å². The molecule has 2 aromatic heterocycles. The summed E-state index contributed by atoms with van der Waals surface area (Å²) in [6.07, 6.45) is 5.18. The minimum Gasteiger partial charge on any atom is -0.474 e. The Morgan fingerprint density at radius 3 is 2.56 bits per heavy atom. The maximum atomic E-state index is 12.3. The van der Waals surface area contributed by atoms with Crippen molar-refractivity contribution in [2.24, 2.45) is 0 Å². The van der Waals surface area contributed by atoms with Crippen LogP contribution in [0.4, 0.5) is 11.4 Å². The fraction of sp³-hybridized carbons (Fsp3) is 0.308. The summed E-state index contributed by atoms with van der Waals surface area (Å²) in [6.45, 7) is 0.843. The van der Waals surface area contributed by atoms with Gasteiger partial charge in [0.25, 0.3) is 0 Å². The van der Waals surface area contributed by atoms with Crippen LogP contribution in [-0.4, -0.2) is 52.2 Å². The summed E-state index contributed by atoms with van der Waals surface area (Å²) >= 11 is 0. The van der Waals surface area contributed by atoms with Crippen LogP contribution in [0.2, 0.25) is 0 Å². The van der Waals surface area contributed by atoms with Gasteiger partial charge in [-0.2, -0.15) is 0 Å². The van der Waals surface area contributed by atoms with E-state index in [1.54, 1.807) is 11.1 Å². The number of aliphatic hydroxyl groups is 1. The van der Waals surface area contributed by atoms with Gasteiger partial charge in [-0.3, -0.25) is 14.6 Å². The van der Waals surface area contributed by atoms with Crippen LogP contribution in [0, 0.1) is 0 Å². The number of hydrogen-bond donors (Lipinski definition) is 1. The molecule has 0 bridgehead atoms. The minimum atomic E-state index is -0.598. The number of rotatable bonds is 4. The minimum absolute atomic E-state index is 0.0564. The summed E-state index contributed by atoms with van der Waals surface area (Å²) in [4.78, 5) is 36.9. The smallest absolute Gasteiger partial charge is 0.238 e. The van der Waals surface area contributed by atoms with Gasteiger partial charge in [0.2, 0.25) is 17.7 Å². The molecular weight excluding hydrogens is 432 g/mol. The fourth-order valence-corrected chi connectivity index (χ4v) is 4.95. The first-order valence-electron chi connectivity index (χ1n) is 11.5. The third kappa shape index (κ3) is 3.70. The highest BCUT2D eigenvalue weighted by atomic mass is 16.5. The quantitative estimate of drug-likeness (QED) is 0.649. The third-order valence-corrected chi connectivity index (χ3v) is 6.71. The van der Waals surface area contributed by atoms with Crippen LogP contribution >= 0.6 is 0 Å². The molecule has 8 nitrogen and oxygen atoms in total. The van der Waals surface area contributed by atoms with E-state index in [2.05, 4.69) is 9.97 Å². The lowest BCUT2D eigenvalue weighted by Crippen LogP contribution is -2.40. The molecule has 2 amide bonds. The Labute approximate surface area is 196 Å². The monoisotopic (exact) mass is 456 g/mol. The molecule has 3 aliphatic rings. The zero-order valence-electron chi connectivity index (χ0n) is 18.6. The first-order chi connectivity index (χ1) is 16.5. The molecule has 2 atom stereocenters. The van der Waals surface area contributed by atoms with Gasteiger partial charge in [0.15, 0.2) is 0 Å². The van der Waals surface area contributed by atoms with E-state index in [4.69, 9.17) is 4.74 Å². The highest BCUT2D eigenvalue weighted by Gasteiger charge is 2.38. The van der Waals surface area contributed by atoms with Gasteiger partial charge in [0.05, 0.1) is 25.1 Å². The number of aromatic nitrogens is 2. The summed E-state index contributed by atoms with van der Waals surface area (Å²) < 4.78 is 5.75. The molecule has 3 aliphatic heterocycles. The maximum absolute atomic E-state index is 12.3. The number of ether oxygens (including phenoxy) is 1. The van der Waals surface area contributed by atoms with Gasteiger partial charge in [-0.05, 0) is 41.8 Å². The van der Waals surface area contributed by atoms with Gasteiger partial charge in [-0.25, -0.2) is 4.98 Å². The molecule has 0 spiro atoms. The molecule has 2 saturated heterocycles.